The Kier molecular flexibility index (Phi) is 2.78. The Morgan fingerprint density at radius 1 is 1.40 bits per heavy atom. The maximum atomic E-state index is 11.8. The highest BCUT2D eigenvalue weighted by Gasteiger charge is 2.08. The van der Waals surface area contributed by atoms with E-state index in [9.17, 15) is 4.79 Å². The average molecular weight is 218 g/mol. The van der Waals surface area contributed by atoms with E-state index in [1.165, 1.54) is 11.3 Å². The quantitative estimate of drug-likeness (QED) is 0.842. The van der Waals surface area contributed by atoms with Gasteiger partial charge in [-0.15, -0.1) is 11.3 Å². The molecule has 4 heteroatoms. The molecule has 1 amide bonds. The van der Waals surface area contributed by atoms with Gasteiger partial charge in [0.2, 0.25) is 0 Å². The molecule has 1 aromatic heterocycles. The fraction of sp³-hybridized carbons (Fsp3) is 0.0909. The SMILES string of the molecule is Cc1ccccc1C(=O)Nc1nccs1. The number of rotatable bonds is 2. The van der Waals surface area contributed by atoms with E-state index in [0.717, 1.165) is 5.56 Å². The summed E-state index contributed by atoms with van der Waals surface area (Å²) in [5, 5.41) is 5.20. The summed E-state index contributed by atoms with van der Waals surface area (Å²) in [6.45, 7) is 1.91. The lowest BCUT2D eigenvalue weighted by Crippen LogP contribution is -2.12. The van der Waals surface area contributed by atoms with Gasteiger partial charge in [0, 0.05) is 17.1 Å². The molecule has 0 saturated heterocycles. The summed E-state index contributed by atoms with van der Waals surface area (Å²) in [4.78, 5) is 15.8. The molecule has 1 N–H and O–H groups in total. The van der Waals surface area contributed by atoms with Gasteiger partial charge in [0.25, 0.3) is 5.91 Å². The monoisotopic (exact) mass is 218 g/mol. The molecule has 0 spiro atoms. The minimum absolute atomic E-state index is 0.108. The first-order chi connectivity index (χ1) is 7.27. The van der Waals surface area contributed by atoms with Crippen LogP contribution in [0.25, 0.3) is 0 Å². The van der Waals surface area contributed by atoms with Crippen LogP contribution in [0, 0.1) is 6.92 Å². The lowest BCUT2D eigenvalue weighted by Gasteiger charge is -2.04. The predicted molar refractivity (Wildman–Crippen MR) is 61.2 cm³/mol. The van der Waals surface area contributed by atoms with E-state index in [4.69, 9.17) is 0 Å². The molecule has 3 nitrogen and oxygen atoms in total. The number of anilines is 1. The van der Waals surface area contributed by atoms with Gasteiger partial charge in [-0.05, 0) is 18.6 Å². The number of hydrogen-bond acceptors (Lipinski definition) is 3. The van der Waals surface area contributed by atoms with Crippen LogP contribution in [-0.2, 0) is 0 Å². The molecule has 0 saturated carbocycles. The zero-order valence-corrected chi connectivity index (χ0v) is 9.04. The second kappa shape index (κ2) is 4.23. The Labute approximate surface area is 91.8 Å². The Hall–Kier alpha value is -1.68. The Morgan fingerprint density at radius 3 is 2.87 bits per heavy atom. The number of hydrogen-bond donors (Lipinski definition) is 1. The molecule has 76 valence electrons. The van der Waals surface area contributed by atoms with Crippen LogP contribution in [0.2, 0.25) is 0 Å². The van der Waals surface area contributed by atoms with Crippen molar-refractivity contribution >= 4 is 22.4 Å². The highest BCUT2D eigenvalue weighted by Crippen LogP contribution is 2.14. The van der Waals surface area contributed by atoms with Crippen molar-refractivity contribution in [3.8, 4) is 0 Å². The second-order valence-electron chi connectivity index (χ2n) is 3.11. The number of aromatic nitrogens is 1. The molecule has 2 rings (SSSR count). The molecule has 0 aliphatic heterocycles. The summed E-state index contributed by atoms with van der Waals surface area (Å²) in [6, 6.07) is 7.48. The predicted octanol–water partition coefficient (Wildman–Crippen LogP) is 2.70. The number of thiazole rings is 1. The van der Waals surface area contributed by atoms with Gasteiger partial charge in [0.05, 0.1) is 0 Å². The first-order valence-electron chi connectivity index (χ1n) is 4.54. The van der Waals surface area contributed by atoms with Crippen molar-refractivity contribution in [1.29, 1.82) is 0 Å². The van der Waals surface area contributed by atoms with Crippen LogP contribution in [0.5, 0.6) is 0 Å². The molecule has 0 aliphatic rings. The highest BCUT2D eigenvalue weighted by atomic mass is 32.1. The van der Waals surface area contributed by atoms with Crippen molar-refractivity contribution in [2.75, 3.05) is 5.32 Å². The van der Waals surface area contributed by atoms with Crippen LogP contribution in [0.15, 0.2) is 35.8 Å². The molecule has 15 heavy (non-hydrogen) atoms. The standard InChI is InChI=1S/C11H10N2OS/c1-8-4-2-3-5-9(8)10(14)13-11-12-6-7-15-11/h2-7H,1H3,(H,12,13,14). The topological polar surface area (TPSA) is 42.0 Å². The van der Waals surface area contributed by atoms with Gasteiger partial charge in [0.15, 0.2) is 5.13 Å². The van der Waals surface area contributed by atoms with Crippen molar-refractivity contribution in [3.63, 3.8) is 0 Å². The molecule has 0 unspecified atom stereocenters. The summed E-state index contributed by atoms with van der Waals surface area (Å²) in [5.74, 6) is -0.108. The largest absolute Gasteiger partial charge is 0.298 e. The zero-order chi connectivity index (χ0) is 10.7. The lowest BCUT2D eigenvalue weighted by atomic mass is 10.1. The van der Waals surface area contributed by atoms with Crippen molar-refractivity contribution in [2.24, 2.45) is 0 Å². The number of carbonyl (C=O) groups excluding carboxylic acids is 1. The Morgan fingerprint density at radius 2 is 2.20 bits per heavy atom. The fourth-order valence-corrected chi connectivity index (χ4v) is 1.80. The summed E-state index contributed by atoms with van der Waals surface area (Å²) in [6.07, 6.45) is 1.66. The van der Waals surface area contributed by atoms with E-state index < -0.39 is 0 Å². The van der Waals surface area contributed by atoms with E-state index in [1.807, 2.05) is 30.5 Å². The highest BCUT2D eigenvalue weighted by molar-refractivity contribution is 7.13. The molecule has 0 radical (unpaired) electrons. The van der Waals surface area contributed by atoms with Crippen molar-refractivity contribution in [2.45, 2.75) is 6.92 Å². The number of nitrogens with one attached hydrogen (secondary N) is 1. The third-order valence-electron chi connectivity index (χ3n) is 2.04. The summed E-state index contributed by atoms with van der Waals surface area (Å²) >= 11 is 1.41. The van der Waals surface area contributed by atoms with Crippen molar-refractivity contribution in [1.82, 2.24) is 4.98 Å². The lowest BCUT2D eigenvalue weighted by molar-refractivity contribution is 0.102. The number of benzene rings is 1. The molecule has 1 heterocycles. The molecule has 0 atom stereocenters. The Bertz CT molecular complexity index is 465. The summed E-state index contributed by atoms with van der Waals surface area (Å²) < 4.78 is 0. The van der Waals surface area contributed by atoms with Crippen molar-refractivity contribution < 1.29 is 4.79 Å². The van der Waals surface area contributed by atoms with Crippen LogP contribution in [0.4, 0.5) is 5.13 Å². The first-order valence-corrected chi connectivity index (χ1v) is 5.42. The first kappa shape index (κ1) is 9.86. The number of carbonyl (C=O) groups is 1. The van der Waals surface area contributed by atoms with Crippen LogP contribution < -0.4 is 5.32 Å². The smallest absolute Gasteiger partial charge is 0.257 e. The summed E-state index contributed by atoms with van der Waals surface area (Å²) in [5.41, 5.74) is 1.65. The molecule has 2 aromatic rings. The minimum atomic E-state index is -0.108. The molecule has 1 aromatic carbocycles. The van der Waals surface area contributed by atoms with Crippen LogP contribution >= 0.6 is 11.3 Å². The maximum absolute atomic E-state index is 11.8. The van der Waals surface area contributed by atoms with E-state index in [-0.39, 0.29) is 5.91 Å². The third-order valence-corrected chi connectivity index (χ3v) is 2.73. The summed E-state index contributed by atoms with van der Waals surface area (Å²) in [7, 11) is 0. The molecule has 0 bridgehead atoms. The van der Waals surface area contributed by atoms with Crippen LogP contribution in [-0.4, -0.2) is 10.9 Å². The van der Waals surface area contributed by atoms with Crippen molar-refractivity contribution in [3.05, 3.63) is 47.0 Å². The molecule has 0 aliphatic carbocycles. The molecular formula is C11H10N2OS. The molecular weight excluding hydrogens is 208 g/mol. The third kappa shape index (κ3) is 2.22. The fourth-order valence-electron chi connectivity index (χ4n) is 1.28. The van der Waals surface area contributed by atoms with E-state index in [0.29, 0.717) is 10.7 Å². The van der Waals surface area contributed by atoms with E-state index in [1.54, 1.807) is 12.3 Å². The Balaban J connectivity index is 2.19. The van der Waals surface area contributed by atoms with Gasteiger partial charge in [-0.2, -0.15) is 0 Å². The van der Waals surface area contributed by atoms with Gasteiger partial charge < -0.3 is 0 Å². The van der Waals surface area contributed by atoms with Crippen LogP contribution in [0.1, 0.15) is 15.9 Å². The van der Waals surface area contributed by atoms with Gasteiger partial charge in [-0.1, -0.05) is 18.2 Å². The van der Waals surface area contributed by atoms with Gasteiger partial charge in [0.1, 0.15) is 0 Å². The maximum Gasteiger partial charge on any atom is 0.257 e. The molecule has 0 fully saturated rings. The number of aryl methyl sites for hydroxylation is 1. The number of amides is 1. The van der Waals surface area contributed by atoms with Crippen LogP contribution in [0.3, 0.4) is 0 Å². The van der Waals surface area contributed by atoms with Gasteiger partial charge >= 0.3 is 0 Å². The zero-order valence-electron chi connectivity index (χ0n) is 8.23. The van der Waals surface area contributed by atoms with E-state index in [2.05, 4.69) is 10.3 Å². The van der Waals surface area contributed by atoms with Gasteiger partial charge in [-0.25, -0.2) is 4.98 Å². The second-order valence-corrected chi connectivity index (χ2v) is 4.00. The van der Waals surface area contributed by atoms with Gasteiger partial charge in [-0.3, -0.25) is 10.1 Å². The normalized spacial score (nSPS) is 9.93. The van der Waals surface area contributed by atoms with E-state index >= 15 is 0 Å². The average Bonchev–Trinajstić information content (AvgIpc) is 2.71. The number of nitrogens with zero attached hydrogens (tertiary/aromatic N) is 1. The minimum Gasteiger partial charge on any atom is -0.298 e.